The van der Waals surface area contributed by atoms with Crippen LogP contribution in [0.15, 0.2) is 18.2 Å². The van der Waals surface area contributed by atoms with E-state index >= 15 is 0 Å². The normalized spacial score (nSPS) is 13.0. The monoisotopic (exact) mass is 271 g/mol. The molecule has 0 aliphatic carbocycles. The van der Waals surface area contributed by atoms with Crippen molar-refractivity contribution in [3.8, 4) is 0 Å². The Morgan fingerprint density at radius 3 is 2.61 bits per heavy atom. The molecule has 18 heavy (non-hydrogen) atoms. The van der Waals surface area contributed by atoms with Crippen LogP contribution in [0.4, 0.5) is 4.39 Å². The van der Waals surface area contributed by atoms with Crippen LogP contribution in [-0.4, -0.2) is 6.54 Å². The number of hydrogen-bond donors (Lipinski definition) is 1. The Balaban J connectivity index is 2.82. The number of hydrogen-bond acceptors (Lipinski definition) is 1. The molecule has 1 unspecified atom stereocenters. The fraction of sp³-hybridized carbons (Fsp3) is 0.600. The van der Waals surface area contributed by atoms with Gasteiger partial charge in [-0.3, -0.25) is 0 Å². The molecule has 1 aromatic carbocycles. The van der Waals surface area contributed by atoms with E-state index in [-0.39, 0.29) is 11.9 Å². The second kappa shape index (κ2) is 7.75. The first-order valence-electron chi connectivity index (χ1n) is 6.73. The van der Waals surface area contributed by atoms with Gasteiger partial charge in [-0.2, -0.15) is 0 Å². The number of rotatable bonds is 7. The van der Waals surface area contributed by atoms with E-state index in [9.17, 15) is 4.39 Å². The van der Waals surface area contributed by atoms with E-state index in [0.29, 0.717) is 16.5 Å². The third-order valence-corrected chi connectivity index (χ3v) is 3.24. The summed E-state index contributed by atoms with van der Waals surface area (Å²) in [6, 6.07) is 4.85. The zero-order valence-corrected chi connectivity index (χ0v) is 12.2. The molecule has 0 bridgehead atoms. The van der Waals surface area contributed by atoms with Crippen molar-refractivity contribution in [2.24, 2.45) is 5.92 Å². The summed E-state index contributed by atoms with van der Waals surface area (Å²) in [5, 5.41) is 4.01. The lowest BCUT2D eigenvalue weighted by Gasteiger charge is -2.20. The molecule has 0 amide bonds. The van der Waals surface area contributed by atoms with Gasteiger partial charge in [-0.05, 0) is 49.9 Å². The van der Waals surface area contributed by atoms with Gasteiger partial charge in [0, 0.05) is 16.6 Å². The molecule has 0 spiro atoms. The first-order chi connectivity index (χ1) is 8.54. The molecule has 1 N–H and O–H groups in total. The molecule has 1 atom stereocenters. The quantitative estimate of drug-likeness (QED) is 0.739. The summed E-state index contributed by atoms with van der Waals surface area (Å²) in [7, 11) is 0. The lowest BCUT2D eigenvalue weighted by molar-refractivity contribution is 0.427. The maximum absolute atomic E-state index is 13.9. The van der Waals surface area contributed by atoms with Crippen LogP contribution in [0.2, 0.25) is 5.02 Å². The van der Waals surface area contributed by atoms with Crippen molar-refractivity contribution in [3.05, 3.63) is 34.6 Å². The molecule has 1 aromatic rings. The number of nitrogens with one attached hydrogen (secondary N) is 1. The van der Waals surface area contributed by atoms with Crippen LogP contribution >= 0.6 is 11.6 Å². The average Bonchev–Trinajstić information content (AvgIpc) is 2.32. The molecule has 3 heteroatoms. The van der Waals surface area contributed by atoms with Gasteiger partial charge in [0.1, 0.15) is 5.82 Å². The second-order valence-corrected chi connectivity index (χ2v) is 5.58. The fourth-order valence-corrected chi connectivity index (χ4v) is 2.15. The molecule has 102 valence electrons. The van der Waals surface area contributed by atoms with Gasteiger partial charge in [0.05, 0.1) is 0 Å². The molecule has 0 fully saturated rings. The first kappa shape index (κ1) is 15.5. The molecule has 0 saturated carbocycles. The smallest absolute Gasteiger partial charge is 0.128 e. The van der Waals surface area contributed by atoms with Gasteiger partial charge in [0.15, 0.2) is 0 Å². The molecular weight excluding hydrogens is 249 g/mol. The average molecular weight is 272 g/mol. The van der Waals surface area contributed by atoms with E-state index in [1.807, 2.05) is 0 Å². The summed E-state index contributed by atoms with van der Waals surface area (Å²) in [5.74, 6) is 0.454. The predicted octanol–water partition coefficient (Wildman–Crippen LogP) is 4.96. The van der Waals surface area contributed by atoms with Crippen LogP contribution in [0.3, 0.4) is 0 Å². The van der Waals surface area contributed by atoms with Crippen molar-refractivity contribution in [1.82, 2.24) is 5.32 Å². The van der Waals surface area contributed by atoms with E-state index in [0.717, 1.165) is 25.8 Å². The third kappa shape index (κ3) is 4.95. The Bertz CT molecular complexity index is 366. The molecule has 0 heterocycles. The number of benzene rings is 1. The van der Waals surface area contributed by atoms with Crippen molar-refractivity contribution in [1.29, 1.82) is 0 Å². The van der Waals surface area contributed by atoms with E-state index in [2.05, 4.69) is 26.1 Å². The van der Waals surface area contributed by atoms with Crippen LogP contribution in [-0.2, 0) is 0 Å². The zero-order valence-electron chi connectivity index (χ0n) is 11.5. The van der Waals surface area contributed by atoms with Gasteiger partial charge < -0.3 is 5.32 Å². The Morgan fingerprint density at radius 1 is 1.28 bits per heavy atom. The molecule has 0 saturated heterocycles. The van der Waals surface area contributed by atoms with Crippen molar-refractivity contribution in [3.63, 3.8) is 0 Å². The lowest BCUT2D eigenvalue weighted by Crippen LogP contribution is -2.23. The minimum Gasteiger partial charge on any atom is -0.310 e. The highest BCUT2D eigenvalue weighted by molar-refractivity contribution is 6.30. The Morgan fingerprint density at radius 2 is 2.00 bits per heavy atom. The molecule has 0 aromatic heterocycles. The van der Waals surface area contributed by atoms with Crippen molar-refractivity contribution in [2.45, 2.75) is 46.1 Å². The molecule has 0 aliphatic heterocycles. The van der Waals surface area contributed by atoms with Crippen LogP contribution in [0.5, 0.6) is 0 Å². The van der Waals surface area contributed by atoms with Gasteiger partial charge in [0.25, 0.3) is 0 Å². The molecule has 1 nitrogen and oxygen atoms in total. The van der Waals surface area contributed by atoms with Gasteiger partial charge in [-0.25, -0.2) is 4.39 Å². The summed E-state index contributed by atoms with van der Waals surface area (Å²) in [4.78, 5) is 0. The fourth-order valence-electron chi connectivity index (χ4n) is 1.97. The van der Waals surface area contributed by atoms with Crippen LogP contribution in [0.25, 0.3) is 0 Å². The summed E-state index contributed by atoms with van der Waals surface area (Å²) in [6.45, 7) is 7.38. The van der Waals surface area contributed by atoms with Crippen molar-refractivity contribution < 1.29 is 4.39 Å². The highest BCUT2D eigenvalue weighted by atomic mass is 35.5. The van der Waals surface area contributed by atoms with Gasteiger partial charge in [-0.1, -0.05) is 32.4 Å². The van der Waals surface area contributed by atoms with Gasteiger partial charge >= 0.3 is 0 Å². The zero-order chi connectivity index (χ0) is 13.5. The van der Waals surface area contributed by atoms with Crippen LogP contribution in [0.1, 0.15) is 51.6 Å². The van der Waals surface area contributed by atoms with Crippen LogP contribution in [0, 0.1) is 11.7 Å². The summed E-state index contributed by atoms with van der Waals surface area (Å²) >= 11 is 5.96. The van der Waals surface area contributed by atoms with Gasteiger partial charge in [-0.15, -0.1) is 0 Å². The van der Waals surface area contributed by atoms with E-state index in [4.69, 9.17) is 11.6 Å². The van der Waals surface area contributed by atoms with Crippen LogP contribution < -0.4 is 5.32 Å². The Kier molecular flexibility index (Phi) is 6.66. The largest absolute Gasteiger partial charge is 0.310 e. The molecule has 0 aliphatic rings. The van der Waals surface area contributed by atoms with E-state index in [1.165, 1.54) is 6.07 Å². The Labute approximate surface area is 115 Å². The lowest BCUT2D eigenvalue weighted by atomic mass is 9.97. The molecule has 1 rings (SSSR count). The summed E-state index contributed by atoms with van der Waals surface area (Å²) < 4.78 is 13.9. The van der Waals surface area contributed by atoms with Crippen molar-refractivity contribution >= 4 is 11.6 Å². The molecular formula is C15H23ClFN. The van der Waals surface area contributed by atoms with E-state index < -0.39 is 0 Å². The highest BCUT2D eigenvalue weighted by Gasteiger charge is 2.16. The summed E-state index contributed by atoms with van der Waals surface area (Å²) in [5.41, 5.74) is 0.691. The topological polar surface area (TPSA) is 12.0 Å². The highest BCUT2D eigenvalue weighted by Crippen LogP contribution is 2.26. The van der Waals surface area contributed by atoms with Crippen molar-refractivity contribution in [2.75, 3.05) is 6.54 Å². The minimum absolute atomic E-state index is 0.0612. The van der Waals surface area contributed by atoms with E-state index in [1.54, 1.807) is 12.1 Å². The third-order valence-electron chi connectivity index (χ3n) is 3.01. The first-order valence-corrected chi connectivity index (χ1v) is 7.10. The maximum atomic E-state index is 13.9. The van der Waals surface area contributed by atoms with Gasteiger partial charge in [0.2, 0.25) is 0 Å². The predicted molar refractivity (Wildman–Crippen MR) is 76.5 cm³/mol. The summed E-state index contributed by atoms with van der Waals surface area (Å²) in [6.07, 6.45) is 3.06. The second-order valence-electron chi connectivity index (χ2n) is 5.14. The Hall–Kier alpha value is -0.600. The maximum Gasteiger partial charge on any atom is 0.128 e. The SMILES string of the molecule is CCCNC(CCC(C)C)c1cc(Cl)ccc1F. The number of halogens is 2. The standard InChI is InChI=1S/C15H23ClFN/c1-4-9-18-15(8-5-11(2)3)13-10-12(16)6-7-14(13)17/h6-7,10-11,15,18H,4-5,8-9H2,1-3H3. The minimum atomic E-state index is -0.170. The molecule has 0 radical (unpaired) electrons.